The average molecular weight is 269 g/mol. The molecule has 1 aromatic rings. The molecule has 18 heavy (non-hydrogen) atoms. The number of sulfonamides is 1. The van der Waals surface area contributed by atoms with Gasteiger partial charge in [0.05, 0.1) is 6.54 Å². The first kappa shape index (κ1) is 14.8. The lowest BCUT2D eigenvalue weighted by Crippen LogP contribution is -2.26. The van der Waals surface area contributed by atoms with Gasteiger partial charge in [-0.3, -0.25) is 0 Å². The first-order valence-corrected chi connectivity index (χ1v) is 7.09. The molecule has 0 atom stereocenters. The normalized spacial score (nSPS) is 12.1. The van der Waals surface area contributed by atoms with E-state index in [1.807, 2.05) is 18.4 Å². The number of hydrogen-bond donors (Lipinski definition) is 1. The summed E-state index contributed by atoms with van der Waals surface area (Å²) in [5.74, 6) is 2.32. The number of terminal acetylenes is 1. The highest BCUT2D eigenvalue weighted by Crippen LogP contribution is 2.21. The Labute approximate surface area is 109 Å². The minimum absolute atomic E-state index is 0.0488. The zero-order chi connectivity index (χ0) is 13.9. The van der Waals surface area contributed by atoms with Gasteiger partial charge in [-0.1, -0.05) is 5.92 Å². The van der Waals surface area contributed by atoms with Crippen LogP contribution in [0.2, 0.25) is 0 Å². The molecule has 1 aromatic heterocycles. The quantitative estimate of drug-likeness (QED) is 0.803. The van der Waals surface area contributed by atoms with Crippen LogP contribution < -0.4 is 5.73 Å². The van der Waals surface area contributed by atoms with Gasteiger partial charge in [-0.05, 0) is 19.9 Å². The molecular formula is C12H19N3O2S. The zero-order valence-corrected chi connectivity index (χ0v) is 11.7. The summed E-state index contributed by atoms with van der Waals surface area (Å²) in [4.78, 5) is 0.231. The number of aromatic nitrogens is 1. The van der Waals surface area contributed by atoms with Crippen molar-refractivity contribution in [3.8, 4) is 12.3 Å². The molecule has 0 unspecified atom stereocenters. The van der Waals surface area contributed by atoms with Gasteiger partial charge in [0.1, 0.15) is 4.90 Å². The van der Waals surface area contributed by atoms with Gasteiger partial charge >= 0.3 is 0 Å². The van der Waals surface area contributed by atoms with Crippen LogP contribution in [0.15, 0.2) is 17.2 Å². The number of nitrogens with two attached hydrogens (primary N) is 1. The highest BCUT2D eigenvalue weighted by atomic mass is 32.2. The van der Waals surface area contributed by atoms with Gasteiger partial charge < -0.3 is 10.3 Å². The van der Waals surface area contributed by atoms with Crippen LogP contribution >= 0.6 is 0 Å². The summed E-state index contributed by atoms with van der Waals surface area (Å²) in [6.07, 6.45) is 6.74. The Morgan fingerprint density at radius 1 is 1.56 bits per heavy atom. The van der Waals surface area contributed by atoms with Gasteiger partial charge in [-0.15, -0.1) is 6.42 Å². The van der Waals surface area contributed by atoms with Crippen molar-refractivity contribution >= 4 is 10.0 Å². The Hall–Kier alpha value is -1.29. The van der Waals surface area contributed by atoms with Gasteiger partial charge in [0.15, 0.2) is 0 Å². The molecule has 5 nitrogen and oxygen atoms in total. The molecule has 0 spiro atoms. The van der Waals surface area contributed by atoms with E-state index in [0.29, 0.717) is 6.54 Å². The Bertz CT molecular complexity index is 552. The van der Waals surface area contributed by atoms with E-state index in [0.717, 1.165) is 10.00 Å². The maximum Gasteiger partial charge on any atom is 0.245 e. The third kappa shape index (κ3) is 2.75. The van der Waals surface area contributed by atoms with Crippen LogP contribution in [0.25, 0.3) is 0 Å². The first-order valence-electron chi connectivity index (χ1n) is 5.65. The Kier molecular flexibility index (Phi) is 4.57. The monoisotopic (exact) mass is 269 g/mol. The minimum atomic E-state index is -3.53. The fourth-order valence-electron chi connectivity index (χ4n) is 1.68. The number of hydrogen-bond acceptors (Lipinski definition) is 3. The van der Waals surface area contributed by atoms with E-state index >= 15 is 0 Å². The standard InChI is InChI=1S/C12H19N3O2S/c1-5-6-14(4)18(16,17)12-7-11(8-13)15(9-12)10(2)3/h1,7,9-10H,6,8,13H2,2-4H3. The van der Waals surface area contributed by atoms with Crippen molar-refractivity contribution in [2.24, 2.45) is 5.73 Å². The Balaban J connectivity index is 3.23. The van der Waals surface area contributed by atoms with E-state index in [2.05, 4.69) is 5.92 Å². The Morgan fingerprint density at radius 3 is 2.56 bits per heavy atom. The highest BCUT2D eigenvalue weighted by molar-refractivity contribution is 7.89. The molecular weight excluding hydrogens is 250 g/mol. The summed E-state index contributed by atoms with van der Waals surface area (Å²) in [5, 5.41) is 0. The molecule has 0 fully saturated rings. The molecule has 0 aliphatic heterocycles. The topological polar surface area (TPSA) is 68.3 Å². The molecule has 2 N–H and O–H groups in total. The molecule has 0 radical (unpaired) electrons. The molecule has 0 saturated carbocycles. The van der Waals surface area contributed by atoms with Gasteiger partial charge in [-0.25, -0.2) is 8.42 Å². The summed E-state index contributed by atoms with van der Waals surface area (Å²) in [5.41, 5.74) is 6.41. The van der Waals surface area contributed by atoms with E-state index in [9.17, 15) is 8.42 Å². The van der Waals surface area contributed by atoms with Gasteiger partial charge in [-0.2, -0.15) is 4.31 Å². The van der Waals surface area contributed by atoms with Crippen LogP contribution in [-0.2, 0) is 16.6 Å². The molecule has 0 saturated heterocycles. The molecule has 0 aliphatic rings. The third-order valence-corrected chi connectivity index (χ3v) is 4.46. The second kappa shape index (κ2) is 5.57. The van der Waals surface area contributed by atoms with Gasteiger partial charge in [0.2, 0.25) is 10.0 Å². The maximum absolute atomic E-state index is 12.2. The molecule has 100 valence electrons. The van der Waals surface area contributed by atoms with Crippen molar-refractivity contribution < 1.29 is 8.42 Å². The molecule has 0 amide bonds. The summed E-state index contributed by atoms with van der Waals surface area (Å²) >= 11 is 0. The predicted molar refractivity (Wildman–Crippen MR) is 71.4 cm³/mol. The van der Waals surface area contributed by atoms with E-state index < -0.39 is 10.0 Å². The average Bonchev–Trinajstić information content (AvgIpc) is 2.73. The van der Waals surface area contributed by atoms with E-state index in [-0.39, 0.29) is 17.5 Å². The zero-order valence-electron chi connectivity index (χ0n) is 10.9. The fourth-order valence-corrected chi connectivity index (χ4v) is 2.81. The van der Waals surface area contributed by atoms with E-state index in [1.165, 1.54) is 7.05 Å². The smallest absolute Gasteiger partial charge is 0.245 e. The maximum atomic E-state index is 12.2. The van der Waals surface area contributed by atoms with Crippen molar-refractivity contribution in [2.45, 2.75) is 31.3 Å². The van der Waals surface area contributed by atoms with Crippen molar-refractivity contribution in [3.05, 3.63) is 18.0 Å². The second-order valence-electron chi connectivity index (χ2n) is 4.34. The molecule has 0 aliphatic carbocycles. The van der Waals surface area contributed by atoms with Crippen molar-refractivity contribution in [2.75, 3.05) is 13.6 Å². The van der Waals surface area contributed by atoms with E-state index in [1.54, 1.807) is 12.3 Å². The minimum Gasteiger partial charge on any atom is -0.346 e. The van der Waals surface area contributed by atoms with Crippen LogP contribution in [0.1, 0.15) is 25.6 Å². The summed E-state index contributed by atoms with van der Waals surface area (Å²) in [6, 6.07) is 1.76. The van der Waals surface area contributed by atoms with Crippen LogP contribution in [0.4, 0.5) is 0 Å². The van der Waals surface area contributed by atoms with Gasteiger partial charge in [0, 0.05) is 31.5 Å². The number of nitrogens with zero attached hydrogens (tertiary/aromatic N) is 2. The summed E-state index contributed by atoms with van der Waals surface area (Å²) in [6.45, 7) is 4.29. The lowest BCUT2D eigenvalue weighted by atomic mass is 10.3. The van der Waals surface area contributed by atoms with Crippen molar-refractivity contribution in [1.29, 1.82) is 0 Å². The fraction of sp³-hybridized carbons (Fsp3) is 0.500. The molecule has 1 heterocycles. The predicted octanol–water partition coefficient (Wildman–Crippen LogP) is 0.781. The second-order valence-corrected chi connectivity index (χ2v) is 6.38. The van der Waals surface area contributed by atoms with Crippen molar-refractivity contribution in [1.82, 2.24) is 8.87 Å². The molecule has 6 heteroatoms. The van der Waals surface area contributed by atoms with E-state index in [4.69, 9.17) is 12.2 Å². The lowest BCUT2D eigenvalue weighted by Gasteiger charge is -2.13. The SMILES string of the molecule is C#CCN(C)S(=O)(=O)c1cc(CN)n(C(C)C)c1. The van der Waals surface area contributed by atoms with Gasteiger partial charge in [0.25, 0.3) is 0 Å². The van der Waals surface area contributed by atoms with Crippen molar-refractivity contribution in [3.63, 3.8) is 0 Å². The lowest BCUT2D eigenvalue weighted by molar-refractivity contribution is 0.502. The number of rotatable bonds is 5. The summed E-state index contributed by atoms with van der Waals surface area (Å²) in [7, 11) is -2.07. The Morgan fingerprint density at radius 2 is 2.17 bits per heavy atom. The molecule has 0 bridgehead atoms. The van der Waals surface area contributed by atoms with Crippen LogP contribution in [0.3, 0.4) is 0 Å². The molecule has 0 aromatic carbocycles. The highest BCUT2D eigenvalue weighted by Gasteiger charge is 2.23. The largest absolute Gasteiger partial charge is 0.346 e. The van der Waals surface area contributed by atoms with Crippen LogP contribution in [-0.4, -0.2) is 30.9 Å². The third-order valence-electron chi connectivity index (χ3n) is 2.69. The van der Waals surface area contributed by atoms with Crippen LogP contribution in [0, 0.1) is 12.3 Å². The van der Waals surface area contributed by atoms with Crippen LogP contribution in [0.5, 0.6) is 0 Å². The molecule has 1 rings (SSSR count). The summed E-state index contributed by atoms with van der Waals surface area (Å²) < 4.78 is 27.4. The first-order chi connectivity index (χ1) is 8.34.